The Kier molecular flexibility index (Phi) is 8.16. The van der Waals surface area contributed by atoms with Gasteiger partial charge >= 0.3 is 0 Å². The standard InChI is InChI=1S/C13H24N2O4/c14-13(17)2-1-8-18-11-3-5-12(6-4-11)19-9-7-15-10-16/h10-12H,1-9H2,(H2,14,17)(H,15,16). The third-order valence-electron chi connectivity index (χ3n) is 3.23. The summed E-state index contributed by atoms with van der Waals surface area (Å²) in [6, 6.07) is 0. The van der Waals surface area contributed by atoms with Gasteiger partial charge in [0.25, 0.3) is 0 Å². The second-order valence-electron chi connectivity index (χ2n) is 4.78. The predicted octanol–water partition coefficient (Wildman–Crippen LogP) is 0.342. The van der Waals surface area contributed by atoms with E-state index in [0.717, 1.165) is 25.7 Å². The van der Waals surface area contributed by atoms with Gasteiger partial charge in [0.1, 0.15) is 0 Å². The summed E-state index contributed by atoms with van der Waals surface area (Å²) in [4.78, 5) is 20.6. The molecule has 0 heterocycles. The molecule has 0 unspecified atom stereocenters. The first-order chi connectivity index (χ1) is 9.22. The van der Waals surface area contributed by atoms with Gasteiger partial charge in [-0.25, -0.2) is 0 Å². The van der Waals surface area contributed by atoms with Crippen LogP contribution in [0.4, 0.5) is 0 Å². The zero-order valence-corrected chi connectivity index (χ0v) is 11.3. The van der Waals surface area contributed by atoms with E-state index in [2.05, 4.69) is 5.32 Å². The van der Waals surface area contributed by atoms with Crippen LogP contribution >= 0.6 is 0 Å². The van der Waals surface area contributed by atoms with Crippen LogP contribution in [0.2, 0.25) is 0 Å². The van der Waals surface area contributed by atoms with E-state index in [1.165, 1.54) is 0 Å². The highest BCUT2D eigenvalue weighted by Gasteiger charge is 2.21. The molecule has 0 aromatic heterocycles. The minimum atomic E-state index is -0.273. The van der Waals surface area contributed by atoms with Gasteiger partial charge in [-0.2, -0.15) is 0 Å². The van der Waals surface area contributed by atoms with Gasteiger partial charge in [0.05, 0.1) is 18.8 Å². The number of ether oxygens (including phenoxy) is 2. The third kappa shape index (κ3) is 7.79. The summed E-state index contributed by atoms with van der Waals surface area (Å²) in [5.41, 5.74) is 5.06. The Morgan fingerprint density at radius 1 is 1.16 bits per heavy atom. The molecular formula is C13H24N2O4. The number of amides is 2. The highest BCUT2D eigenvalue weighted by Crippen LogP contribution is 2.23. The Labute approximate surface area is 114 Å². The monoisotopic (exact) mass is 272 g/mol. The molecule has 1 fully saturated rings. The van der Waals surface area contributed by atoms with Gasteiger partial charge in [0.15, 0.2) is 0 Å². The van der Waals surface area contributed by atoms with Crippen molar-refractivity contribution < 1.29 is 19.1 Å². The maximum atomic E-state index is 10.6. The van der Waals surface area contributed by atoms with Gasteiger partial charge in [-0.1, -0.05) is 0 Å². The number of rotatable bonds is 10. The van der Waals surface area contributed by atoms with Crippen molar-refractivity contribution in [1.82, 2.24) is 5.32 Å². The number of hydrogen-bond acceptors (Lipinski definition) is 4. The first-order valence-electron chi connectivity index (χ1n) is 6.91. The average Bonchev–Trinajstić information content (AvgIpc) is 2.41. The molecule has 1 saturated carbocycles. The Hall–Kier alpha value is -1.14. The largest absolute Gasteiger partial charge is 0.378 e. The average molecular weight is 272 g/mol. The van der Waals surface area contributed by atoms with Crippen LogP contribution in [0.1, 0.15) is 38.5 Å². The fourth-order valence-electron chi connectivity index (χ4n) is 2.21. The van der Waals surface area contributed by atoms with Gasteiger partial charge in [-0.15, -0.1) is 0 Å². The van der Waals surface area contributed by atoms with Crippen molar-refractivity contribution in [3.63, 3.8) is 0 Å². The van der Waals surface area contributed by atoms with Crippen LogP contribution in [-0.4, -0.2) is 44.3 Å². The smallest absolute Gasteiger partial charge is 0.217 e. The normalized spacial score (nSPS) is 22.9. The number of nitrogens with one attached hydrogen (secondary N) is 1. The molecule has 6 heteroatoms. The van der Waals surface area contributed by atoms with Gasteiger partial charge in [-0.05, 0) is 32.1 Å². The molecule has 0 atom stereocenters. The molecule has 0 aromatic carbocycles. The van der Waals surface area contributed by atoms with Crippen molar-refractivity contribution in [2.45, 2.75) is 50.7 Å². The summed E-state index contributed by atoms with van der Waals surface area (Å²) >= 11 is 0. The van der Waals surface area contributed by atoms with Crippen LogP contribution in [0, 0.1) is 0 Å². The number of nitrogens with two attached hydrogens (primary N) is 1. The molecule has 1 rings (SSSR count). The summed E-state index contributed by atoms with van der Waals surface area (Å²) < 4.78 is 11.4. The van der Waals surface area contributed by atoms with Gasteiger partial charge in [0.2, 0.25) is 12.3 Å². The van der Waals surface area contributed by atoms with Crippen molar-refractivity contribution in [2.75, 3.05) is 19.8 Å². The summed E-state index contributed by atoms with van der Waals surface area (Å²) in [7, 11) is 0. The molecule has 110 valence electrons. The maximum Gasteiger partial charge on any atom is 0.217 e. The highest BCUT2D eigenvalue weighted by atomic mass is 16.5. The van der Waals surface area contributed by atoms with Crippen molar-refractivity contribution in [3.8, 4) is 0 Å². The first kappa shape index (κ1) is 15.9. The van der Waals surface area contributed by atoms with Crippen molar-refractivity contribution in [3.05, 3.63) is 0 Å². The fourth-order valence-corrected chi connectivity index (χ4v) is 2.21. The zero-order valence-electron chi connectivity index (χ0n) is 11.3. The van der Waals surface area contributed by atoms with Gasteiger partial charge in [-0.3, -0.25) is 9.59 Å². The lowest BCUT2D eigenvalue weighted by atomic mass is 9.95. The molecule has 0 radical (unpaired) electrons. The molecule has 2 amide bonds. The second kappa shape index (κ2) is 9.75. The molecule has 0 saturated heterocycles. The number of carbonyl (C=O) groups excluding carboxylic acids is 2. The summed E-state index contributed by atoms with van der Waals surface area (Å²) in [5, 5.41) is 2.57. The van der Waals surface area contributed by atoms with Crippen molar-refractivity contribution in [2.24, 2.45) is 5.73 Å². The first-order valence-corrected chi connectivity index (χ1v) is 6.91. The van der Waals surface area contributed by atoms with Crippen molar-refractivity contribution in [1.29, 1.82) is 0 Å². The minimum absolute atomic E-state index is 0.273. The third-order valence-corrected chi connectivity index (χ3v) is 3.23. The molecule has 1 aliphatic rings. The zero-order chi connectivity index (χ0) is 13.9. The molecule has 0 spiro atoms. The molecule has 19 heavy (non-hydrogen) atoms. The summed E-state index contributed by atoms with van der Waals surface area (Å²) in [6.45, 7) is 1.73. The van der Waals surface area contributed by atoms with E-state index in [0.29, 0.717) is 39.0 Å². The van der Waals surface area contributed by atoms with Gasteiger partial charge < -0.3 is 20.5 Å². The van der Waals surface area contributed by atoms with E-state index in [1.54, 1.807) is 0 Å². The Morgan fingerprint density at radius 3 is 2.26 bits per heavy atom. The molecule has 3 N–H and O–H groups in total. The van der Waals surface area contributed by atoms with E-state index < -0.39 is 0 Å². The summed E-state index contributed by atoms with van der Waals surface area (Å²) in [6.07, 6.45) is 6.28. The highest BCUT2D eigenvalue weighted by molar-refractivity contribution is 5.73. The van der Waals surface area contributed by atoms with E-state index in [-0.39, 0.29) is 18.1 Å². The Bertz CT molecular complexity index is 265. The van der Waals surface area contributed by atoms with E-state index >= 15 is 0 Å². The summed E-state index contributed by atoms with van der Waals surface area (Å²) in [5.74, 6) is -0.273. The van der Waals surface area contributed by atoms with E-state index in [1.807, 2.05) is 0 Å². The number of hydrogen-bond donors (Lipinski definition) is 2. The van der Waals surface area contributed by atoms with Crippen LogP contribution in [0.5, 0.6) is 0 Å². The lowest BCUT2D eigenvalue weighted by Crippen LogP contribution is -2.29. The lowest BCUT2D eigenvalue weighted by Gasteiger charge is -2.28. The topological polar surface area (TPSA) is 90.7 Å². The Morgan fingerprint density at radius 2 is 1.74 bits per heavy atom. The molecule has 0 aliphatic heterocycles. The van der Waals surface area contributed by atoms with E-state index in [9.17, 15) is 9.59 Å². The molecule has 0 aromatic rings. The van der Waals surface area contributed by atoms with Crippen LogP contribution in [0.15, 0.2) is 0 Å². The number of primary amides is 1. The molecule has 0 bridgehead atoms. The van der Waals surface area contributed by atoms with E-state index in [4.69, 9.17) is 15.2 Å². The molecule has 6 nitrogen and oxygen atoms in total. The quantitative estimate of drug-likeness (QED) is 0.443. The number of carbonyl (C=O) groups is 2. The Balaban J connectivity index is 1.99. The predicted molar refractivity (Wildman–Crippen MR) is 70.4 cm³/mol. The van der Waals surface area contributed by atoms with Gasteiger partial charge in [0, 0.05) is 19.6 Å². The molecular weight excluding hydrogens is 248 g/mol. The maximum absolute atomic E-state index is 10.6. The van der Waals surface area contributed by atoms with Crippen LogP contribution < -0.4 is 11.1 Å². The minimum Gasteiger partial charge on any atom is -0.378 e. The van der Waals surface area contributed by atoms with Crippen LogP contribution in [0.25, 0.3) is 0 Å². The SMILES string of the molecule is NC(=O)CCCOC1CCC(OCCNC=O)CC1. The molecule has 1 aliphatic carbocycles. The second-order valence-corrected chi connectivity index (χ2v) is 4.78. The lowest BCUT2D eigenvalue weighted by molar-refractivity contribution is -0.118. The van der Waals surface area contributed by atoms with Crippen LogP contribution in [-0.2, 0) is 19.1 Å². The fraction of sp³-hybridized carbons (Fsp3) is 0.846. The van der Waals surface area contributed by atoms with Crippen LogP contribution in [0.3, 0.4) is 0 Å². The van der Waals surface area contributed by atoms with Crippen molar-refractivity contribution >= 4 is 12.3 Å².